The van der Waals surface area contributed by atoms with Crippen molar-refractivity contribution in [2.45, 2.75) is 39.3 Å². The number of hydrogen-bond acceptors (Lipinski definition) is 6. The first-order valence-corrected chi connectivity index (χ1v) is 15.5. The Morgan fingerprint density at radius 3 is 2.27 bits per heavy atom. The van der Waals surface area contributed by atoms with Crippen molar-refractivity contribution in [3.8, 4) is 11.5 Å². The van der Waals surface area contributed by atoms with Gasteiger partial charge in [-0.15, -0.1) is 0 Å². The largest absolute Gasteiger partial charge is 0.497 e. The highest BCUT2D eigenvalue weighted by Gasteiger charge is 2.33. The lowest BCUT2D eigenvalue weighted by molar-refractivity contribution is -0.140. The smallest absolute Gasteiger partial charge is 0.244 e. The van der Waals surface area contributed by atoms with Crippen molar-refractivity contribution in [3.63, 3.8) is 0 Å². The highest BCUT2D eigenvalue weighted by molar-refractivity contribution is 7.92. The number of carbonyl (C=O) groups excluding carboxylic acids is 2. The van der Waals surface area contributed by atoms with Gasteiger partial charge >= 0.3 is 0 Å². The van der Waals surface area contributed by atoms with E-state index in [2.05, 4.69) is 5.32 Å². The number of methoxy groups -OCH3 is 1. The van der Waals surface area contributed by atoms with Crippen LogP contribution in [0.4, 0.5) is 5.69 Å². The Kier molecular flexibility index (Phi) is 11.6. The van der Waals surface area contributed by atoms with Crippen LogP contribution in [0.5, 0.6) is 11.5 Å². The fraction of sp³-hybridized carbons (Fsp3) is 0.355. The topological polar surface area (TPSA) is 105 Å². The molecule has 10 heteroatoms. The summed E-state index contributed by atoms with van der Waals surface area (Å²) >= 11 is 0. The zero-order valence-corrected chi connectivity index (χ0v) is 24.9. The normalized spacial score (nSPS) is 11.8. The van der Waals surface area contributed by atoms with Crippen LogP contribution in [0.15, 0.2) is 78.9 Å². The van der Waals surface area contributed by atoms with Crippen LogP contribution in [-0.4, -0.2) is 64.2 Å². The Balaban J connectivity index is 2.08. The quantitative estimate of drug-likeness (QED) is 0.291. The van der Waals surface area contributed by atoms with Gasteiger partial charge in [-0.25, -0.2) is 8.42 Å². The van der Waals surface area contributed by atoms with E-state index in [-0.39, 0.29) is 24.6 Å². The number of amides is 2. The van der Waals surface area contributed by atoms with E-state index in [0.717, 1.165) is 28.1 Å². The summed E-state index contributed by atoms with van der Waals surface area (Å²) in [6, 6.07) is 22.4. The molecule has 3 aromatic carbocycles. The standard InChI is InChI=1S/C31H39N3O6S/c1-5-19-32-31(36)28(21-24-13-8-7-9-14-24)33(22-25-15-12-16-26(20-25)39-3)30(35)23-34(41(4,37)38)27-17-10-11-18-29(27)40-6-2/h7-18,20,28H,5-6,19,21-23H2,1-4H3,(H,32,36)/t28-/m0/s1. The predicted octanol–water partition coefficient (Wildman–Crippen LogP) is 4.03. The van der Waals surface area contributed by atoms with Crippen LogP contribution in [0.25, 0.3) is 0 Å². The third-order valence-electron chi connectivity index (χ3n) is 6.42. The zero-order valence-electron chi connectivity index (χ0n) is 24.1. The molecule has 3 rings (SSSR count). The second-order valence-corrected chi connectivity index (χ2v) is 11.4. The fourth-order valence-electron chi connectivity index (χ4n) is 4.42. The number of hydrogen-bond donors (Lipinski definition) is 1. The molecule has 0 saturated carbocycles. The average Bonchev–Trinajstić information content (AvgIpc) is 2.97. The van der Waals surface area contributed by atoms with Gasteiger partial charge in [0.1, 0.15) is 24.1 Å². The maximum absolute atomic E-state index is 14.2. The first-order valence-electron chi connectivity index (χ1n) is 13.6. The molecule has 0 aliphatic carbocycles. The molecule has 0 aliphatic rings. The first kappa shape index (κ1) is 31.5. The fourth-order valence-corrected chi connectivity index (χ4v) is 5.28. The number of anilines is 1. The van der Waals surface area contributed by atoms with Crippen molar-refractivity contribution in [1.29, 1.82) is 0 Å². The zero-order chi connectivity index (χ0) is 29.8. The second kappa shape index (κ2) is 15.1. The van der Waals surface area contributed by atoms with Gasteiger partial charge in [0.25, 0.3) is 0 Å². The minimum absolute atomic E-state index is 0.0672. The van der Waals surface area contributed by atoms with E-state index in [1.807, 2.05) is 43.3 Å². The molecular weight excluding hydrogens is 542 g/mol. The third kappa shape index (κ3) is 8.97. The molecule has 0 aliphatic heterocycles. The lowest BCUT2D eigenvalue weighted by Crippen LogP contribution is -2.53. The molecule has 1 atom stereocenters. The number of sulfonamides is 1. The monoisotopic (exact) mass is 581 g/mol. The van der Waals surface area contributed by atoms with Crippen LogP contribution in [0.2, 0.25) is 0 Å². The molecule has 0 bridgehead atoms. The van der Waals surface area contributed by atoms with E-state index in [1.165, 1.54) is 4.90 Å². The predicted molar refractivity (Wildman–Crippen MR) is 161 cm³/mol. The van der Waals surface area contributed by atoms with Gasteiger partial charge in [-0.1, -0.05) is 61.5 Å². The highest BCUT2D eigenvalue weighted by Crippen LogP contribution is 2.30. The SMILES string of the molecule is CCCNC(=O)[C@H](Cc1ccccc1)N(Cc1cccc(OC)c1)C(=O)CN(c1ccccc1OCC)S(C)(=O)=O. The van der Waals surface area contributed by atoms with Crippen molar-refractivity contribution in [1.82, 2.24) is 10.2 Å². The lowest BCUT2D eigenvalue weighted by Gasteiger charge is -2.33. The molecule has 220 valence electrons. The Morgan fingerprint density at radius 1 is 0.927 bits per heavy atom. The molecule has 0 aromatic heterocycles. The van der Waals surface area contributed by atoms with Crippen molar-refractivity contribution in [2.75, 3.05) is 37.4 Å². The number of nitrogens with one attached hydrogen (secondary N) is 1. The molecule has 0 heterocycles. The van der Waals surface area contributed by atoms with Gasteiger partial charge < -0.3 is 19.7 Å². The maximum atomic E-state index is 14.2. The molecule has 0 unspecified atom stereocenters. The van der Waals surface area contributed by atoms with E-state index in [0.29, 0.717) is 24.7 Å². The number of rotatable bonds is 15. The number of nitrogens with zero attached hydrogens (tertiary/aromatic N) is 2. The number of benzene rings is 3. The van der Waals surface area contributed by atoms with Crippen LogP contribution in [0.1, 0.15) is 31.4 Å². The van der Waals surface area contributed by atoms with E-state index >= 15 is 0 Å². The van der Waals surface area contributed by atoms with Gasteiger partial charge in [0.2, 0.25) is 21.8 Å². The summed E-state index contributed by atoms with van der Waals surface area (Å²) in [7, 11) is -2.35. The molecule has 2 amide bonds. The van der Waals surface area contributed by atoms with Crippen LogP contribution < -0.4 is 19.1 Å². The Labute approximate surface area is 243 Å². The van der Waals surface area contributed by atoms with Crippen LogP contribution >= 0.6 is 0 Å². The summed E-state index contributed by atoms with van der Waals surface area (Å²) in [6.45, 7) is 4.07. The summed E-state index contributed by atoms with van der Waals surface area (Å²) in [5.41, 5.74) is 1.86. The average molecular weight is 582 g/mol. The van der Waals surface area contributed by atoms with Crippen molar-refractivity contribution in [3.05, 3.63) is 90.0 Å². The van der Waals surface area contributed by atoms with E-state index in [9.17, 15) is 18.0 Å². The van der Waals surface area contributed by atoms with E-state index in [4.69, 9.17) is 9.47 Å². The summed E-state index contributed by atoms with van der Waals surface area (Å²) in [5, 5.41) is 2.93. The van der Waals surface area contributed by atoms with Crippen molar-refractivity contribution < 1.29 is 27.5 Å². The minimum atomic E-state index is -3.90. The second-order valence-electron chi connectivity index (χ2n) is 9.54. The van der Waals surface area contributed by atoms with Gasteiger partial charge in [-0.3, -0.25) is 13.9 Å². The molecule has 3 aromatic rings. The van der Waals surface area contributed by atoms with Crippen molar-refractivity contribution >= 4 is 27.5 Å². The van der Waals surface area contributed by atoms with Gasteiger partial charge in [-0.2, -0.15) is 0 Å². The van der Waals surface area contributed by atoms with E-state index in [1.54, 1.807) is 56.5 Å². The first-order chi connectivity index (χ1) is 19.7. The molecule has 9 nitrogen and oxygen atoms in total. The Hall–Kier alpha value is -4.05. The molecular formula is C31H39N3O6S. The molecule has 1 N–H and O–H groups in total. The molecule has 0 saturated heterocycles. The third-order valence-corrected chi connectivity index (χ3v) is 7.55. The Morgan fingerprint density at radius 2 is 1.61 bits per heavy atom. The minimum Gasteiger partial charge on any atom is -0.497 e. The van der Waals surface area contributed by atoms with Crippen LogP contribution in [0.3, 0.4) is 0 Å². The molecule has 41 heavy (non-hydrogen) atoms. The van der Waals surface area contributed by atoms with E-state index < -0.39 is 28.5 Å². The number of ether oxygens (including phenoxy) is 2. The summed E-state index contributed by atoms with van der Waals surface area (Å²) in [6.07, 6.45) is 2.02. The molecule has 0 spiro atoms. The summed E-state index contributed by atoms with van der Waals surface area (Å²) < 4.78 is 38.1. The van der Waals surface area contributed by atoms with Gasteiger partial charge in [-0.05, 0) is 48.7 Å². The van der Waals surface area contributed by atoms with Crippen LogP contribution in [-0.2, 0) is 32.6 Å². The molecule has 0 fully saturated rings. The van der Waals surface area contributed by atoms with Gasteiger partial charge in [0.15, 0.2) is 0 Å². The van der Waals surface area contributed by atoms with Crippen LogP contribution in [0, 0.1) is 0 Å². The summed E-state index contributed by atoms with van der Waals surface area (Å²) in [4.78, 5) is 29.2. The number of para-hydroxylation sites is 2. The maximum Gasteiger partial charge on any atom is 0.244 e. The number of carbonyl (C=O) groups is 2. The lowest BCUT2D eigenvalue weighted by atomic mass is 10.0. The highest BCUT2D eigenvalue weighted by atomic mass is 32.2. The van der Waals surface area contributed by atoms with Gasteiger partial charge in [0, 0.05) is 19.5 Å². The van der Waals surface area contributed by atoms with Crippen molar-refractivity contribution in [2.24, 2.45) is 0 Å². The Bertz CT molecular complexity index is 1400. The molecule has 0 radical (unpaired) electrons. The van der Waals surface area contributed by atoms with Gasteiger partial charge in [0.05, 0.1) is 25.7 Å². The summed E-state index contributed by atoms with van der Waals surface area (Å²) in [5.74, 6) is 0.104.